The summed E-state index contributed by atoms with van der Waals surface area (Å²) in [6.07, 6.45) is -3.59. The van der Waals surface area contributed by atoms with Crippen LogP contribution in [0.15, 0.2) is 36.4 Å². The number of alkyl halides is 4. The summed E-state index contributed by atoms with van der Waals surface area (Å²) >= 11 is 5.28. The second-order valence-corrected chi connectivity index (χ2v) is 6.74. The summed E-state index contributed by atoms with van der Waals surface area (Å²) in [4.78, 5) is 2.56. The highest BCUT2D eigenvalue weighted by Crippen LogP contribution is 2.33. The molecule has 2 rings (SSSR count). The van der Waals surface area contributed by atoms with E-state index in [2.05, 4.69) is 15.9 Å². The Morgan fingerprint density at radius 2 is 1.74 bits per heavy atom. The Morgan fingerprint density at radius 1 is 1.11 bits per heavy atom. The van der Waals surface area contributed by atoms with Crippen molar-refractivity contribution in [3.63, 3.8) is 0 Å². The van der Waals surface area contributed by atoms with Crippen LogP contribution < -0.4 is 0 Å². The summed E-state index contributed by atoms with van der Waals surface area (Å²) in [6, 6.07) is 9.43. The van der Waals surface area contributed by atoms with Crippen LogP contribution >= 0.6 is 27.3 Å². The fourth-order valence-electron chi connectivity index (χ4n) is 1.76. The molecule has 0 aliphatic carbocycles. The van der Waals surface area contributed by atoms with E-state index >= 15 is 0 Å². The molecule has 0 saturated carbocycles. The number of hydrogen-bond donors (Lipinski definition) is 0. The van der Waals surface area contributed by atoms with E-state index in [9.17, 15) is 13.2 Å². The third-order valence-corrected chi connectivity index (χ3v) is 5.00. The zero-order chi connectivity index (χ0) is 14.0. The second kappa shape index (κ2) is 5.67. The third kappa shape index (κ3) is 3.83. The molecule has 0 nitrogen and oxygen atoms in total. The smallest absolute Gasteiger partial charge is 0.166 e. The van der Waals surface area contributed by atoms with Crippen molar-refractivity contribution < 1.29 is 13.2 Å². The van der Waals surface area contributed by atoms with Crippen molar-refractivity contribution in [2.24, 2.45) is 0 Å². The lowest BCUT2D eigenvalue weighted by Gasteiger charge is -2.10. The minimum absolute atomic E-state index is 0.142. The molecule has 1 atom stereocenters. The van der Waals surface area contributed by atoms with Crippen molar-refractivity contribution in [1.82, 2.24) is 0 Å². The monoisotopic (exact) mass is 348 g/mol. The van der Waals surface area contributed by atoms with Crippen LogP contribution in [0.4, 0.5) is 13.2 Å². The Bertz CT molecular complexity index is 543. The van der Waals surface area contributed by atoms with Crippen LogP contribution in [0.3, 0.4) is 0 Å². The first-order valence-corrected chi connectivity index (χ1v) is 7.46. The van der Waals surface area contributed by atoms with Gasteiger partial charge in [-0.1, -0.05) is 28.1 Å². The molecule has 0 spiro atoms. The molecule has 0 N–H and O–H groups in total. The van der Waals surface area contributed by atoms with Gasteiger partial charge in [0.15, 0.2) is 0 Å². The molecule has 1 unspecified atom stereocenters. The summed E-state index contributed by atoms with van der Waals surface area (Å²) in [6.45, 7) is 2.03. The van der Waals surface area contributed by atoms with E-state index in [1.54, 1.807) is 11.3 Å². The summed E-state index contributed by atoms with van der Waals surface area (Å²) in [5.74, 6) is 0. The van der Waals surface area contributed by atoms with Gasteiger partial charge in [0.25, 0.3) is 0 Å². The van der Waals surface area contributed by atoms with Gasteiger partial charge in [-0.05, 0) is 43.2 Å². The Morgan fingerprint density at radius 3 is 2.21 bits per heavy atom. The lowest BCUT2D eigenvalue weighted by molar-refractivity contribution is -0.137. The lowest BCUT2D eigenvalue weighted by atomic mass is 10.1. The predicted molar refractivity (Wildman–Crippen MR) is 75.9 cm³/mol. The van der Waals surface area contributed by atoms with Crippen molar-refractivity contribution in [2.75, 3.05) is 0 Å². The molecule has 0 aliphatic heterocycles. The number of benzene rings is 1. The molecule has 0 fully saturated rings. The molecule has 0 saturated heterocycles. The Hall–Kier alpha value is -0.810. The number of halogens is 4. The van der Waals surface area contributed by atoms with Crippen molar-refractivity contribution in [3.05, 3.63) is 57.3 Å². The van der Waals surface area contributed by atoms with E-state index in [0.29, 0.717) is 6.42 Å². The van der Waals surface area contributed by atoms with Crippen LogP contribution in [-0.4, -0.2) is 0 Å². The zero-order valence-electron chi connectivity index (χ0n) is 10.2. The molecule has 0 radical (unpaired) electrons. The van der Waals surface area contributed by atoms with Gasteiger partial charge in [-0.3, -0.25) is 0 Å². The van der Waals surface area contributed by atoms with E-state index < -0.39 is 11.7 Å². The number of thiophene rings is 1. The molecule has 0 bridgehead atoms. The first-order chi connectivity index (χ1) is 8.86. The highest BCUT2D eigenvalue weighted by atomic mass is 79.9. The summed E-state index contributed by atoms with van der Waals surface area (Å²) < 4.78 is 37.3. The van der Waals surface area contributed by atoms with Crippen LogP contribution in [-0.2, 0) is 12.6 Å². The van der Waals surface area contributed by atoms with Crippen LogP contribution in [0.2, 0.25) is 0 Å². The van der Waals surface area contributed by atoms with E-state index in [1.807, 2.05) is 19.1 Å². The van der Waals surface area contributed by atoms with Gasteiger partial charge < -0.3 is 0 Å². The molecule has 1 aromatic carbocycles. The van der Waals surface area contributed by atoms with Crippen molar-refractivity contribution in [2.45, 2.75) is 24.3 Å². The average Bonchev–Trinajstić information content (AvgIpc) is 2.75. The maximum Gasteiger partial charge on any atom is 0.416 e. The van der Waals surface area contributed by atoms with Gasteiger partial charge in [0.1, 0.15) is 0 Å². The fourth-order valence-corrected chi connectivity index (χ4v) is 3.42. The highest BCUT2D eigenvalue weighted by Gasteiger charge is 2.29. The molecule has 0 aliphatic rings. The summed E-state index contributed by atoms with van der Waals surface area (Å²) in [5.41, 5.74) is 0.287. The Labute approximate surface area is 122 Å². The predicted octanol–water partition coefficient (Wildman–Crippen LogP) is 5.75. The quantitative estimate of drug-likeness (QED) is 0.619. The zero-order valence-corrected chi connectivity index (χ0v) is 12.6. The van der Waals surface area contributed by atoms with Gasteiger partial charge in [-0.2, -0.15) is 13.2 Å². The molecule has 19 heavy (non-hydrogen) atoms. The Kier molecular flexibility index (Phi) is 4.36. The van der Waals surface area contributed by atoms with E-state index in [0.717, 1.165) is 17.7 Å². The molecule has 1 heterocycles. The topological polar surface area (TPSA) is 0 Å². The van der Waals surface area contributed by atoms with Crippen molar-refractivity contribution in [3.8, 4) is 0 Å². The van der Waals surface area contributed by atoms with Gasteiger partial charge in [0.2, 0.25) is 0 Å². The largest absolute Gasteiger partial charge is 0.416 e. The second-order valence-electron chi connectivity index (χ2n) is 4.31. The van der Waals surface area contributed by atoms with Crippen molar-refractivity contribution >= 4 is 27.3 Å². The molecule has 2 aromatic rings. The molecule has 5 heteroatoms. The minimum Gasteiger partial charge on any atom is -0.166 e. The number of hydrogen-bond acceptors (Lipinski definition) is 1. The molecular formula is C14H12BrF3S. The maximum absolute atomic E-state index is 12.4. The summed E-state index contributed by atoms with van der Waals surface area (Å²) in [7, 11) is 0. The molecule has 1 aromatic heterocycles. The first kappa shape index (κ1) is 14.6. The van der Waals surface area contributed by atoms with Gasteiger partial charge in [-0.25, -0.2) is 0 Å². The summed E-state index contributed by atoms with van der Waals surface area (Å²) in [5, 5.41) is 0. The van der Waals surface area contributed by atoms with Gasteiger partial charge in [0, 0.05) is 9.75 Å². The standard InChI is InChI=1S/C14H12BrF3S/c1-9-2-7-13(19-9)12(15)8-10-3-5-11(6-4-10)14(16,17)18/h2-7,12H,8H2,1H3. The van der Waals surface area contributed by atoms with Gasteiger partial charge >= 0.3 is 6.18 Å². The SMILES string of the molecule is Cc1ccc(C(Br)Cc2ccc(C(F)(F)F)cc2)s1. The number of aryl methyl sites for hydroxylation is 1. The normalized spacial score (nSPS) is 13.5. The van der Waals surface area contributed by atoms with Crippen LogP contribution in [0.1, 0.15) is 25.7 Å². The van der Waals surface area contributed by atoms with E-state index in [4.69, 9.17) is 0 Å². The third-order valence-electron chi connectivity index (χ3n) is 2.77. The minimum atomic E-state index is -4.27. The lowest BCUT2D eigenvalue weighted by Crippen LogP contribution is -2.04. The maximum atomic E-state index is 12.4. The fraction of sp³-hybridized carbons (Fsp3) is 0.286. The molecular weight excluding hydrogens is 337 g/mol. The van der Waals surface area contributed by atoms with Gasteiger partial charge in [0.05, 0.1) is 10.4 Å². The molecule has 102 valence electrons. The first-order valence-electron chi connectivity index (χ1n) is 5.73. The van der Waals surface area contributed by atoms with E-state index in [-0.39, 0.29) is 4.83 Å². The number of rotatable bonds is 3. The van der Waals surface area contributed by atoms with E-state index in [1.165, 1.54) is 21.9 Å². The van der Waals surface area contributed by atoms with Crippen LogP contribution in [0.5, 0.6) is 0 Å². The van der Waals surface area contributed by atoms with Crippen LogP contribution in [0.25, 0.3) is 0 Å². The van der Waals surface area contributed by atoms with Crippen molar-refractivity contribution in [1.29, 1.82) is 0 Å². The van der Waals surface area contributed by atoms with Crippen LogP contribution in [0, 0.1) is 6.92 Å². The van der Waals surface area contributed by atoms with Gasteiger partial charge in [-0.15, -0.1) is 11.3 Å². The Balaban J connectivity index is 2.07. The highest BCUT2D eigenvalue weighted by molar-refractivity contribution is 9.09. The average molecular weight is 349 g/mol. The molecule has 0 amide bonds.